The fraction of sp³-hybridized carbons (Fsp3) is 0.143. The first-order chi connectivity index (χ1) is 13.4. The van der Waals surface area contributed by atoms with Crippen LogP contribution in [0.4, 0.5) is 10.5 Å². The highest BCUT2D eigenvalue weighted by molar-refractivity contribution is 6.34. The van der Waals surface area contributed by atoms with Gasteiger partial charge in [-0.2, -0.15) is 0 Å². The van der Waals surface area contributed by atoms with Crippen molar-refractivity contribution in [1.29, 1.82) is 0 Å². The van der Waals surface area contributed by atoms with Gasteiger partial charge in [0.05, 0.1) is 12.3 Å². The summed E-state index contributed by atoms with van der Waals surface area (Å²) >= 11 is 0. The molecule has 7 heteroatoms. The fourth-order valence-electron chi connectivity index (χ4n) is 2.76. The van der Waals surface area contributed by atoms with Crippen molar-refractivity contribution in [3.63, 3.8) is 0 Å². The maximum absolute atomic E-state index is 12.9. The Kier molecular flexibility index (Phi) is 5.35. The zero-order valence-corrected chi connectivity index (χ0v) is 15.4. The third kappa shape index (κ3) is 3.55. The molecule has 28 heavy (non-hydrogen) atoms. The molecule has 2 aromatic rings. The second-order valence-electron chi connectivity index (χ2n) is 6.07. The molecule has 0 radical (unpaired) electrons. The molecule has 0 unspecified atom stereocenters. The topological polar surface area (TPSA) is 92.8 Å². The first kappa shape index (κ1) is 19.0. The van der Waals surface area contributed by atoms with Gasteiger partial charge < -0.3 is 10.1 Å². The van der Waals surface area contributed by atoms with Crippen LogP contribution in [0, 0.1) is 6.92 Å². The number of esters is 1. The number of nitrogens with one attached hydrogen (secondary N) is 1. The smallest absolute Gasteiger partial charge is 0.344 e. The fourth-order valence-corrected chi connectivity index (χ4v) is 2.76. The molecular formula is C21H18N2O5. The summed E-state index contributed by atoms with van der Waals surface area (Å²) in [6.07, 6.45) is 0. The van der Waals surface area contributed by atoms with Gasteiger partial charge in [0.1, 0.15) is 11.3 Å². The predicted octanol–water partition coefficient (Wildman–Crippen LogP) is 2.75. The van der Waals surface area contributed by atoms with E-state index in [4.69, 9.17) is 4.74 Å². The molecule has 1 fully saturated rings. The number of hydrogen-bond acceptors (Lipinski definition) is 5. The quantitative estimate of drug-likeness (QED) is 0.216. The van der Waals surface area contributed by atoms with E-state index in [-0.39, 0.29) is 12.2 Å². The van der Waals surface area contributed by atoms with Gasteiger partial charge in [-0.3, -0.25) is 9.59 Å². The van der Waals surface area contributed by atoms with Crippen LogP contribution in [0.25, 0.3) is 0 Å². The number of carbonyl (C=O) groups is 4. The lowest BCUT2D eigenvalue weighted by molar-refractivity contribution is -0.138. The van der Waals surface area contributed by atoms with Crippen LogP contribution in [0.1, 0.15) is 22.8 Å². The largest absolute Gasteiger partial charge is 0.462 e. The zero-order chi connectivity index (χ0) is 20.3. The van der Waals surface area contributed by atoms with Crippen LogP contribution in [-0.4, -0.2) is 30.3 Å². The minimum Gasteiger partial charge on any atom is -0.462 e. The monoisotopic (exact) mass is 378 g/mol. The lowest BCUT2D eigenvalue weighted by atomic mass is 10.0. The molecule has 0 aromatic heterocycles. The number of carbonyl (C=O) groups excluding carboxylic acids is 4. The molecule has 0 atom stereocenters. The van der Waals surface area contributed by atoms with Gasteiger partial charge in [-0.25, -0.2) is 14.5 Å². The van der Waals surface area contributed by atoms with Crippen molar-refractivity contribution >= 4 is 29.4 Å². The summed E-state index contributed by atoms with van der Waals surface area (Å²) in [5, 5.41) is 2.35. The summed E-state index contributed by atoms with van der Waals surface area (Å²) in [7, 11) is 0. The Labute approximate surface area is 161 Å². The molecule has 0 saturated carbocycles. The van der Waals surface area contributed by atoms with E-state index < -0.39 is 35.0 Å². The number of hydrogen-bond donors (Lipinski definition) is 1. The van der Waals surface area contributed by atoms with Crippen LogP contribution in [0.5, 0.6) is 0 Å². The summed E-state index contributed by atoms with van der Waals surface area (Å²) in [5.41, 5.74) is 0.601. The van der Waals surface area contributed by atoms with Crippen LogP contribution in [0.2, 0.25) is 0 Å². The van der Waals surface area contributed by atoms with Crippen LogP contribution < -0.4 is 10.2 Å². The van der Waals surface area contributed by atoms with Crippen molar-refractivity contribution in [2.75, 3.05) is 11.5 Å². The lowest BCUT2D eigenvalue weighted by Crippen LogP contribution is -2.30. The van der Waals surface area contributed by atoms with Crippen molar-refractivity contribution in [2.24, 2.45) is 0 Å². The van der Waals surface area contributed by atoms with E-state index in [2.05, 4.69) is 5.32 Å². The lowest BCUT2D eigenvalue weighted by Gasteiger charge is -2.12. The van der Waals surface area contributed by atoms with E-state index in [0.717, 1.165) is 10.5 Å². The van der Waals surface area contributed by atoms with Gasteiger partial charge in [0.15, 0.2) is 0 Å². The van der Waals surface area contributed by atoms with Crippen LogP contribution in [-0.2, 0) is 14.3 Å². The summed E-state index contributed by atoms with van der Waals surface area (Å²) in [4.78, 5) is 51.6. The van der Waals surface area contributed by atoms with Gasteiger partial charge in [0.2, 0.25) is 5.78 Å². The van der Waals surface area contributed by atoms with Crippen LogP contribution >= 0.6 is 0 Å². The maximum Gasteiger partial charge on any atom is 0.344 e. The zero-order valence-electron chi connectivity index (χ0n) is 15.4. The Hall–Kier alpha value is -3.74. The molecule has 1 aliphatic rings. The molecule has 0 spiro atoms. The van der Waals surface area contributed by atoms with E-state index in [1.54, 1.807) is 49.4 Å². The second-order valence-corrected chi connectivity index (χ2v) is 6.07. The van der Waals surface area contributed by atoms with E-state index in [1.165, 1.54) is 12.1 Å². The van der Waals surface area contributed by atoms with Crippen molar-refractivity contribution in [2.45, 2.75) is 13.8 Å². The maximum atomic E-state index is 12.9. The molecule has 3 rings (SSSR count). The van der Waals surface area contributed by atoms with E-state index in [0.29, 0.717) is 5.69 Å². The number of urea groups is 1. The molecule has 1 N–H and O–H groups in total. The molecular weight excluding hydrogens is 360 g/mol. The Balaban J connectivity index is 2.08. The van der Waals surface area contributed by atoms with Crippen molar-refractivity contribution in [1.82, 2.24) is 5.32 Å². The minimum atomic E-state index is -0.967. The highest BCUT2D eigenvalue weighted by Gasteiger charge is 2.41. The SMILES string of the molecule is CCOC(=O)C(C(=O)c1ccccc1)=C1NC(=O)N(c2ccc(C)cc2)C1=O. The van der Waals surface area contributed by atoms with Gasteiger partial charge in [0, 0.05) is 5.56 Å². The summed E-state index contributed by atoms with van der Waals surface area (Å²) < 4.78 is 4.96. The number of ether oxygens (including phenoxy) is 1. The molecule has 1 saturated heterocycles. The highest BCUT2D eigenvalue weighted by Crippen LogP contribution is 2.25. The number of nitrogens with zero attached hydrogens (tertiary/aromatic N) is 1. The van der Waals surface area contributed by atoms with E-state index >= 15 is 0 Å². The third-order valence-electron chi connectivity index (χ3n) is 4.14. The van der Waals surface area contributed by atoms with Gasteiger partial charge in [-0.15, -0.1) is 0 Å². The number of benzene rings is 2. The van der Waals surface area contributed by atoms with Gasteiger partial charge >= 0.3 is 12.0 Å². The number of Topliss-reactive ketones (excluding diaryl/α,β-unsaturated/α-hetero) is 1. The molecule has 7 nitrogen and oxygen atoms in total. The number of rotatable bonds is 5. The number of ketones is 1. The Bertz CT molecular complexity index is 978. The van der Waals surface area contributed by atoms with E-state index in [1.807, 2.05) is 6.92 Å². The average Bonchev–Trinajstić information content (AvgIpc) is 2.98. The molecule has 2 aromatic carbocycles. The Morgan fingerprint density at radius 3 is 2.25 bits per heavy atom. The van der Waals surface area contributed by atoms with Gasteiger partial charge in [0.25, 0.3) is 5.91 Å². The summed E-state index contributed by atoms with van der Waals surface area (Å²) in [6.45, 7) is 3.47. The molecule has 0 bridgehead atoms. The number of imide groups is 1. The van der Waals surface area contributed by atoms with Crippen molar-refractivity contribution in [3.8, 4) is 0 Å². The summed E-state index contributed by atoms with van der Waals surface area (Å²) in [5.74, 6) is -2.46. The first-order valence-electron chi connectivity index (χ1n) is 8.67. The average molecular weight is 378 g/mol. The molecule has 0 aliphatic carbocycles. The summed E-state index contributed by atoms with van der Waals surface area (Å²) in [6, 6.07) is 14.0. The molecule has 142 valence electrons. The normalized spacial score (nSPS) is 15.3. The second kappa shape index (κ2) is 7.87. The number of aryl methyl sites for hydroxylation is 1. The van der Waals surface area contributed by atoms with Crippen molar-refractivity contribution in [3.05, 3.63) is 77.0 Å². The molecule has 3 amide bonds. The van der Waals surface area contributed by atoms with Gasteiger partial charge in [-0.05, 0) is 26.0 Å². The Morgan fingerprint density at radius 1 is 1.00 bits per heavy atom. The van der Waals surface area contributed by atoms with Crippen LogP contribution in [0.3, 0.4) is 0 Å². The standard InChI is InChI=1S/C21H18N2O5/c1-3-28-20(26)16(18(24)14-7-5-4-6-8-14)17-19(25)23(21(27)22-17)15-11-9-13(2)10-12-15/h4-12H,3H2,1-2H3,(H,22,27). The van der Waals surface area contributed by atoms with Crippen molar-refractivity contribution < 1.29 is 23.9 Å². The number of amides is 3. The predicted molar refractivity (Wildman–Crippen MR) is 102 cm³/mol. The highest BCUT2D eigenvalue weighted by atomic mass is 16.5. The van der Waals surface area contributed by atoms with Gasteiger partial charge in [-0.1, -0.05) is 48.0 Å². The molecule has 1 aliphatic heterocycles. The number of anilines is 1. The van der Waals surface area contributed by atoms with Crippen LogP contribution in [0.15, 0.2) is 65.9 Å². The van der Waals surface area contributed by atoms with E-state index in [9.17, 15) is 19.2 Å². The Morgan fingerprint density at radius 2 is 1.64 bits per heavy atom. The molecule has 1 heterocycles. The first-order valence-corrected chi connectivity index (χ1v) is 8.67. The third-order valence-corrected chi connectivity index (χ3v) is 4.14. The minimum absolute atomic E-state index is 0.0154.